The Balaban J connectivity index is 1.73. The number of para-hydroxylation sites is 1. The van der Waals surface area contributed by atoms with Gasteiger partial charge in [0.25, 0.3) is 5.91 Å². The van der Waals surface area contributed by atoms with Gasteiger partial charge in [-0.05, 0) is 30.2 Å². The molecular formula is C16H14F2N2O. The molecule has 1 heterocycles. The second-order valence-corrected chi connectivity index (χ2v) is 5.01. The Morgan fingerprint density at radius 1 is 1.14 bits per heavy atom. The lowest BCUT2D eigenvalue weighted by Gasteiger charge is -2.27. The minimum absolute atomic E-state index is 0.157. The summed E-state index contributed by atoms with van der Waals surface area (Å²) in [5.74, 6) is -2.73. The number of hydrogen-bond acceptors (Lipinski definition) is 2. The van der Waals surface area contributed by atoms with Gasteiger partial charge in [0, 0.05) is 12.2 Å². The minimum atomic E-state index is -1.11. The largest absolute Gasteiger partial charge is 0.383 e. The Bertz CT molecular complexity index is 688. The van der Waals surface area contributed by atoms with Crippen LogP contribution in [0.25, 0.3) is 0 Å². The van der Waals surface area contributed by atoms with E-state index in [0.717, 1.165) is 17.3 Å². The third-order valence-electron chi connectivity index (χ3n) is 3.55. The molecule has 3 rings (SSSR count). The summed E-state index contributed by atoms with van der Waals surface area (Å²) in [7, 11) is 0. The third-order valence-corrected chi connectivity index (χ3v) is 3.55. The fraction of sp³-hybridized carbons (Fsp3) is 0.188. The topological polar surface area (TPSA) is 41.1 Å². The van der Waals surface area contributed by atoms with Crippen LogP contribution >= 0.6 is 0 Å². The number of anilines is 1. The smallest absolute Gasteiger partial charge is 0.254 e. The van der Waals surface area contributed by atoms with Gasteiger partial charge in [0.05, 0.1) is 11.6 Å². The van der Waals surface area contributed by atoms with Crippen molar-refractivity contribution < 1.29 is 13.6 Å². The Labute approximate surface area is 121 Å². The van der Waals surface area contributed by atoms with Crippen LogP contribution in [-0.2, 0) is 6.42 Å². The zero-order chi connectivity index (χ0) is 14.8. The van der Waals surface area contributed by atoms with E-state index >= 15 is 0 Å². The maximum Gasteiger partial charge on any atom is 0.254 e. The normalized spacial score (nSPS) is 16.8. The molecule has 108 valence electrons. The van der Waals surface area contributed by atoms with Gasteiger partial charge in [0.15, 0.2) is 11.6 Å². The lowest BCUT2D eigenvalue weighted by molar-refractivity contribution is 0.0933. The molecule has 0 bridgehead atoms. The number of amides is 1. The fourth-order valence-electron chi connectivity index (χ4n) is 2.49. The van der Waals surface area contributed by atoms with Crippen molar-refractivity contribution in [1.82, 2.24) is 5.32 Å². The molecule has 0 saturated heterocycles. The van der Waals surface area contributed by atoms with Gasteiger partial charge in [-0.2, -0.15) is 0 Å². The van der Waals surface area contributed by atoms with Gasteiger partial charge in [0.2, 0.25) is 0 Å². The third kappa shape index (κ3) is 2.72. The highest BCUT2D eigenvalue weighted by atomic mass is 19.2. The van der Waals surface area contributed by atoms with E-state index in [0.29, 0.717) is 13.0 Å². The van der Waals surface area contributed by atoms with E-state index in [2.05, 4.69) is 10.6 Å². The van der Waals surface area contributed by atoms with Gasteiger partial charge >= 0.3 is 0 Å². The molecule has 1 unspecified atom stereocenters. The Hall–Kier alpha value is -2.43. The predicted octanol–water partition coefficient (Wildman–Crippen LogP) is 2.73. The van der Waals surface area contributed by atoms with E-state index in [4.69, 9.17) is 0 Å². The Kier molecular flexibility index (Phi) is 3.56. The summed E-state index contributed by atoms with van der Waals surface area (Å²) in [5.41, 5.74) is 1.86. The van der Waals surface area contributed by atoms with E-state index in [9.17, 15) is 13.6 Å². The molecule has 5 heteroatoms. The summed E-state index contributed by atoms with van der Waals surface area (Å²) in [6, 6.07) is 11.2. The van der Waals surface area contributed by atoms with E-state index in [1.165, 1.54) is 12.1 Å². The number of carbonyl (C=O) groups is 1. The molecule has 0 aromatic heterocycles. The second-order valence-electron chi connectivity index (χ2n) is 5.01. The van der Waals surface area contributed by atoms with E-state index in [-0.39, 0.29) is 11.6 Å². The van der Waals surface area contributed by atoms with Crippen molar-refractivity contribution in [3.63, 3.8) is 0 Å². The van der Waals surface area contributed by atoms with Crippen LogP contribution in [0, 0.1) is 11.6 Å². The Morgan fingerprint density at radius 2 is 1.95 bits per heavy atom. The molecule has 1 atom stereocenters. The zero-order valence-electron chi connectivity index (χ0n) is 11.2. The summed E-state index contributed by atoms with van der Waals surface area (Å²) >= 11 is 0. The standard InChI is InChI=1S/C16H14F2N2O/c17-13-6-3-5-12(15(13)18)16(21)20-11-8-10-4-1-2-7-14(10)19-9-11/h1-7,11,19H,8-9H2,(H,20,21). The molecule has 2 N–H and O–H groups in total. The van der Waals surface area contributed by atoms with Crippen molar-refractivity contribution in [2.24, 2.45) is 0 Å². The SMILES string of the molecule is O=C(NC1CNc2ccccc2C1)c1cccc(F)c1F. The number of halogens is 2. The zero-order valence-corrected chi connectivity index (χ0v) is 11.2. The lowest BCUT2D eigenvalue weighted by atomic mass is 9.99. The van der Waals surface area contributed by atoms with Gasteiger partial charge in [-0.1, -0.05) is 24.3 Å². The first-order valence-electron chi connectivity index (χ1n) is 6.72. The average molecular weight is 288 g/mol. The van der Waals surface area contributed by atoms with Crippen LogP contribution in [0.15, 0.2) is 42.5 Å². The molecule has 0 fully saturated rings. The molecule has 0 radical (unpaired) electrons. The summed E-state index contributed by atoms with van der Waals surface area (Å²) in [4.78, 5) is 12.1. The maximum absolute atomic E-state index is 13.6. The number of fused-ring (bicyclic) bond motifs is 1. The molecule has 3 nitrogen and oxygen atoms in total. The van der Waals surface area contributed by atoms with Crippen LogP contribution in [0.1, 0.15) is 15.9 Å². The minimum Gasteiger partial charge on any atom is -0.383 e. The number of benzene rings is 2. The van der Waals surface area contributed by atoms with Gasteiger partial charge in [-0.3, -0.25) is 4.79 Å². The van der Waals surface area contributed by atoms with Gasteiger partial charge in [-0.15, -0.1) is 0 Å². The lowest BCUT2D eigenvalue weighted by Crippen LogP contribution is -2.43. The van der Waals surface area contributed by atoms with E-state index < -0.39 is 17.5 Å². The van der Waals surface area contributed by atoms with Crippen LogP contribution in [0.5, 0.6) is 0 Å². The highest BCUT2D eigenvalue weighted by molar-refractivity contribution is 5.94. The van der Waals surface area contributed by atoms with Crippen molar-refractivity contribution in [3.8, 4) is 0 Å². The van der Waals surface area contributed by atoms with Gasteiger partial charge < -0.3 is 10.6 Å². The van der Waals surface area contributed by atoms with Crippen LogP contribution in [0.4, 0.5) is 14.5 Å². The number of hydrogen-bond donors (Lipinski definition) is 2. The molecule has 1 aliphatic rings. The second kappa shape index (κ2) is 5.52. The summed E-state index contributed by atoms with van der Waals surface area (Å²) in [6.07, 6.45) is 0.659. The monoisotopic (exact) mass is 288 g/mol. The van der Waals surface area contributed by atoms with Crippen molar-refractivity contribution in [2.45, 2.75) is 12.5 Å². The molecule has 0 spiro atoms. The number of nitrogens with one attached hydrogen (secondary N) is 2. The molecular weight excluding hydrogens is 274 g/mol. The molecule has 0 aliphatic carbocycles. The first-order valence-corrected chi connectivity index (χ1v) is 6.72. The van der Waals surface area contributed by atoms with E-state index in [1.807, 2.05) is 24.3 Å². The van der Waals surface area contributed by atoms with Crippen LogP contribution < -0.4 is 10.6 Å². The molecule has 1 amide bonds. The Morgan fingerprint density at radius 3 is 2.81 bits per heavy atom. The predicted molar refractivity (Wildman–Crippen MR) is 76.2 cm³/mol. The van der Waals surface area contributed by atoms with E-state index in [1.54, 1.807) is 0 Å². The van der Waals surface area contributed by atoms with Crippen molar-refractivity contribution >= 4 is 11.6 Å². The highest BCUT2D eigenvalue weighted by Crippen LogP contribution is 2.21. The molecule has 1 aliphatic heterocycles. The first-order chi connectivity index (χ1) is 10.1. The van der Waals surface area contributed by atoms with Crippen LogP contribution in [0.3, 0.4) is 0 Å². The first kappa shape index (κ1) is 13.5. The van der Waals surface area contributed by atoms with Crippen molar-refractivity contribution in [2.75, 3.05) is 11.9 Å². The number of rotatable bonds is 2. The summed E-state index contributed by atoms with van der Waals surface area (Å²) in [5, 5.41) is 5.95. The van der Waals surface area contributed by atoms with Crippen LogP contribution in [-0.4, -0.2) is 18.5 Å². The van der Waals surface area contributed by atoms with Crippen molar-refractivity contribution in [1.29, 1.82) is 0 Å². The quantitative estimate of drug-likeness (QED) is 0.892. The number of carbonyl (C=O) groups excluding carboxylic acids is 1. The maximum atomic E-state index is 13.6. The van der Waals surface area contributed by atoms with Crippen molar-refractivity contribution in [3.05, 3.63) is 65.2 Å². The highest BCUT2D eigenvalue weighted by Gasteiger charge is 2.22. The summed E-state index contributed by atoms with van der Waals surface area (Å²) in [6.45, 7) is 0.555. The molecule has 2 aromatic rings. The summed E-state index contributed by atoms with van der Waals surface area (Å²) < 4.78 is 26.7. The van der Waals surface area contributed by atoms with Gasteiger partial charge in [-0.25, -0.2) is 8.78 Å². The molecule has 21 heavy (non-hydrogen) atoms. The average Bonchev–Trinajstić information content (AvgIpc) is 2.50. The fourth-order valence-corrected chi connectivity index (χ4v) is 2.49. The van der Waals surface area contributed by atoms with Gasteiger partial charge in [0.1, 0.15) is 0 Å². The molecule has 0 saturated carbocycles. The molecule has 2 aromatic carbocycles. The van der Waals surface area contributed by atoms with Crippen LogP contribution in [0.2, 0.25) is 0 Å².